The van der Waals surface area contributed by atoms with Crippen LogP contribution < -0.4 is 4.87 Å². The average Bonchev–Trinajstić information content (AvgIpc) is 2.84. The summed E-state index contributed by atoms with van der Waals surface area (Å²) in [6.45, 7) is 2.59. The van der Waals surface area contributed by atoms with Gasteiger partial charge in [-0.05, 0) is 17.9 Å². The standard InChI is InChI=1S/C18H18N2O2S/c1-2-3-11-20-17(21)16(23-18(20)22)12-19-15-10-6-8-13-7-4-5-9-14(13)15/h4-10,12,21H,2-3,11H2,1H3. The van der Waals surface area contributed by atoms with E-state index >= 15 is 0 Å². The van der Waals surface area contributed by atoms with Gasteiger partial charge >= 0.3 is 4.87 Å². The van der Waals surface area contributed by atoms with E-state index in [4.69, 9.17) is 0 Å². The zero-order valence-electron chi connectivity index (χ0n) is 12.9. The summed E-state index contributed by atoms with van der Waals surface area (Å²) in [7, 11) is 0. The van der Waals surface area contributed by atoms with E-state index in [9.17, 15) is 9.90 Å². The second-order valence-electron chi connectivity index (χ2n) is 5.32. The van der Waals surface area contributed by atoms with Crippen LogP contribution in [0.15, 0.2) is 52.3 Å². The van der Waals surface area contributed by atoms with Crippen LogP contribution in [0, 0.1) is 0 Å². The van der Waals surface area contributed by atoms with Crippen molar-refractivity contribution in [1.29, 1.82) is 0 Å². The molecule has 5 heteroatoms. The Hall–Kier alpha value is -2.40. The molecule has 3 aromatic rings. The maximum absolute atomic E-state index is 12.0. The number of hydrogen-bond donors (Lipinski definition) is 1. The Bertz CT molecular complexity index is 904. The molecule has 0 atom stereocenters. The summed E-state index contributed by atoms with van der Waals surface area (Å²) < 4.78 is 1.42. The Morgan fingerprint density at radius 1 is 1.22 bits per heavy atom. The van der Waals surface area contributed by atoms with Crippen molar-refractivity contribution in [3.63, 3.8) is 0 Å². The maximum atomic E-state index is 12.0. The molecule has 3 rings (SSSR count). The lowest BCUT2D eigenvalue weighted by Crippen LogP contribution is -2.12. The molecule has 0 unspecified atom stereocenters. The van der Waals surface area contributed by atoms with Gasteiger partial charge in [0.1, 0.15) is 4.88 Å². The van der Waals surface area contributed by atoms with E-state index < -0.39 is 0 Å². The van der Waals surface area contributed by atoms with Gasteiger partial charge in [0.2, 0.25) is 5.88 Å². The molecule has 0 aliphatic carbocycles. The fraction of sp³-hybridized carbons (Fsp3) is 0.222. The molecule has 0 saturated carbocycles. The Morgan fingerprint density at radius 2 is 2.00 bits per heavy atom. The van der Waals surface area contributed by atoms with E-state index in [-0.39, 0.29) is 10.8 Å². The molecule has 0 fully saturated rings. The van der Waals surface area contributed by atoms with Gasteiger partial charge in [-0.3, -0.25) is 14.4 Å². The molecular formula is C18H18N2O2S. The molecule has 0 spiro atoms. The minimum absolute atomic E-state index is 0.0115. The molecule has 0 saturated heterocycles. The molecule has 2 aromatic carbocycles. The Labute approximate surface area is 138 Å². The van der Waals surface area contributed by atoms with E-state index in [0.29, 0.717) is 11.4 Å². The van der Waals surface area contributed by atoms with Gasteiger partial charge in [-0.2, -0.15) is 0 Å². The molecule has 23 heavy (non-hydrogen) atoms. The second kappa shape index (κ2) is 6.79. The van der Waals surface area contributed by atoms with Crippen molar-refractivity contribution in [3.05, 3.63) is 57.0 Å². The number of benzene rings is 2. The quantitative estimate of drug-likeness (QED) is 0.710. The molecule has 1 aromatic heterocycles. The zero-order chi connectivity index (χ0) is 16.2. The summed E-state index contributed by atoms with van der Waals surface area (Å²) >= 11 is 1.02. The molecule has 0 aliphatic heterocycles. The Kier molecular flexibility index (Phi) is 4.57. The summed E-state index contributed by atoms with van der Waals surface area (Å²) in [6.07, 6.45) is 3.41. The van der Waals surface area contributed by atoms with Gasteiger partial charge in [0.25, 0.3) is 0 Å². The zero-order valence-corrected chi connectivity index (χ0v) is 13.7. The first-order valence-corrected chi connectivity index (χ1v) is 8.46. The molecule has 4 nitrogen and oxygen atoms in total. The van der Waals surface area contributed by atoms with Crippen molar-refractivity contribution in [2.24, 2.45) is 4.99 Å². The molecule has 0 bridgehead atoms. The highest BCUT2D eigenvalue weighted by molar-refractivity contribution is 7.11. The normalized spacial score (nSPS) is 11.5. The van der Waals surface area contributed by atoms with Crippen LogP contribution in [-0.2, 0) is 6.54 Å². The van der Waals surface area contributed by atoms with Gasteiger partial charge < -0.3 is 5.11 Å². The first-order valence-electron chi connectivity index (χ1n) is 7.65. The van der Waals surface area contributed by atoms with Crippen molar-refractivity contribution in [2.75, 3.05) is 0 Å². The number of aliphatic imine (C=N–C) groups is 1. The van der Waals surface area contributed by atoms with Crippen LogP contribution in [-0.4, -0.2) is 15.9 Å². The molecular weight excluding hydrogens is 308 g/mol. The van der Waals surface area contributed by atoms with Crippen molar-refractivity contribution in [1.82, 2.24) is 4.57 Å². The van der Waals surface area contributed by atoms with Crippen molar-refractivity contribution >= 4 is 34.0 Å². The molecule has 1 heterocycles. The summed E-state index contributed by atoms with van der Waals surface area (Å²) in [5.41, 5.74) is 0.823. The first-order chi connectivity index (χ1) is 11.2. The minimum atomic E-state index is -0.143. The van der Waals surface area contributed by atoms with Crippen LogP contribution in [0.1, 0.15) is 24.6 Å². The fourth-order valence-electron chi connectivity index (χ4n) is 2.46. The maximum Gasteiger partial charge on any atom is 0.310 e. The van der Waals surface area contributed by atoms with Crippen LogP contribution in [0.25, 0.3) is 10.8 Å². The van der Waals surface area contributed by atoms with Crippen LogP contribution >= 0.6 is 11.3 Å². The number of rotatable bonds is 5. The first kappa shape index (κ1) is 15.5. The van der Waals surface area contributed by atoms with E-state index in [1.807, 2.05) is 42.5 Å². The highest BCUT2D eigenvalue weighted by atomic mass is 32.1. The van der Waals surface area contributed by atoms with Gasteiger partial charge in [-0.15, -0.1) is 0 Å². The third-order valence-electron chi connectivity index (χ3n) is 3.72. The largest absolute Gasteiger partial charge is 0.493 e. The van der Waals surface area contributed by atoms with Crippen molar-refractivity contribution in [3.8, 4) is 5.88 Å². The predicted octanol–water partition coefficient (Wildman–Crippen LogP) is 4.32. The average molecular weight is 326 g/mol. The monoisotopic (exact) mass is 326 g/mol. The summed E-state index contributed by atoms with van der Waals surface area (Å²) in [5, 5.41) is 12.4. The molecule has 0 amide bonds. The number of aromatic nitrogens is 1. The van der Waals surface area contributed by atoms with Gasteiger partial charge in [-0.1, -0.05) is 61.1 Å². The third kappa shape index (κ3) is 3.19. The van der Waals surface area contributed by atoms with Gasteiger partial charge in [0.15, 0.2) is 0 Å². The van der Waals surface area contributed by atoms with Gasteiger partial charge in [0.05, 0.1) is 11.9 Å². The van der Waals surface area contributed by atoms with Crippen molar-refractivity contribution < 1.29 is 5.11 Å². The molecule has 0 aliphatic rings. The predicted molar refractivity (Wildman–Crippen MR) is 96.4 cm³/mol. The fourth-order valence-corrected chi connectivity index (χ4v) is 3.24. The Balaban J connectivity index is 1.95. The summed E-state index contributed by atoms with van der Waals surface area (Å²) in [5.74, 6) is 0.0115. The highest BCUT2D eigenvalue weighted by Gasteiger charge is 2.11. The van der Waals surface area contributed by atoms with Gasteiger partial charge in [0, 0.05) is 11.9 Å². The SMILES string of the molecule is CCCCn1c(O)c(C=Nc2cccc3ccccc23)sc1=O. The van der Waals surface area contributed by atoms with E-state index in [2.05, 4.69) is 11.9 Å². The molecule has 1 N–H and O–H groups in total. The highest BCUT2D eigenvalue weighted by Crippen LogP contribution is 2.26. The van der Waals surface area contributed by atoms with E-state index in [1.165, 1.54) is 4.57 Å². The van der Waals surface area contributed by atoms with E-state index in [0.717, 1.165) is 40.6 Å². The van der Waals surface area contributed by atoms with Crippen molar-refractivity contribution in [2.45, 2.75) is 26.3 Å². The lowest BCUT2D eigenvalue weighted by atomic mass is 10.1. The Morgan fingerprint density at radius 3 is 2.83 bits per heavy atom. The lowest BCUT2D eigenvalue weighted by molar-refractivity contribution is 0.408. The number of aromatic hydroxyl groups is 1. The van der Waals surface area contributed by atoms with E-state index in [1.54, 1.807) is 6.21 Å². The van der Waals surface area contributed by atoms with Crippen LogP contribution in [0.3, 0.4) is 0 Å². The lowest BCUT2D eigenvalue weighted by Gasteiger charge is -2.02. The minimum Gasteiger partial charge on any atom is -0.493 e. The molecule has 118 valence electrons. The number of nitrogens with zero attached hydrogens (tertiary/aromatic N) is 2. The van der Waals surface area contributed by atoms with Crippen LogP contribution in [0.5, 0.6) is 5.88 Å². The number of fused-ring (bicyclic) bond motifs is 1. The molecule has 0 radical (unpaired) electrons. The third-order valence-corrected chi connectivity index (χ3v) is 4.62. The smallest absolute Gasteiger partial charge is 0.310 e. The second-order valence-corrected chi connectivity index (χ2v) is 6.31. The topological polar surface area (TPSA) is 54.6 Å². The van der Waals surface area contributed by atoms with Crippen LogP contribution in [0.2, 0.25) is 0 Å². The van der Waals surface area contributed by atoms with Crippen LogP contribution in [0.4, 0.5) is 5.69 Å². The summed E-state index contributed by atoms with van der Waals surface area (Å²) in [4.78, 5) is 16.8. The number of unbranched alkanes of at least 4 members (excludes halogenated alkanes) is 1. The van der Waals surface area contributed by atoms with Gasteiger partial charge in [-0.25, -0.2) is 0 Å². The number of hydrogen-bond acceptors (Lipinski definition) is 4. The number of thiazole rings is 1. The summed E-state index contributed by atoms with van der Waals surface area (Å²) in [6, 6.07) is 13.9.